The zero-order valence-electron chi connectivity index (χ0n) is 18.0. The quantitative estimate of drug-likeness (QED) is 0.508. The number of aliphatic hydroxyl groups excluding tert-OH is 1. The van der Waals surface area contributed by atoms with E-state index in [9.17, 15) is 10.2 Å². The van der Waals surface area contributed by atoms with Gasteiger partial charge in [0, 0.05) is 23.1 Å². The van der Waals surface area contributed by atoms with Gasteiger partial charge in [0.15, 0.2) is 11.8 Å². The Balaban J connectivity index is 1.71. The lowest BCUT2D eigenvalue weighted by Gasteiger charge is -2.33. The molecule has 0 bridgehead atoms. The summed E-state index contributed by atoms with van der Waals surface area (Å²) in [6.07, 6.45) is -1.07. The summed E-state index contributed by atoms with van der Waals surface area (Å²) in [6, 6.07) is 23.8. The van der Waals surface area contributed by atoms with Gasteiger partial charge in [-0.3, -0.25) is 0 Å². The first-order chi connectivity index (χ1) is 15.0. The smallest absolute Gasteiger partial charge is 0.164 e. The van der Waals surface area contributed by atoms with Gasteiger partial charge in [-0.25, -0.2) is 0 Å². The second-order valence-electron chi connectivity index (χ2n) is 7.94. The number of para-hydroxylation sites is 1. The van der Waals surface area contributed by atoms with E-state index in [0.717, 1.165) is 46.5 Å². The Morgan fingerprint density at radius 1 is 0.903 bits per heavy atom. The molecule has 0 saturated carbocycles. The van der Waals surface area contributed by atoms with E-state index < -0.39 is 11.8 Å². The number of rotatable bonds is 7. The first-order valence-corrected chi connectivity index (χ1v) is 11.6. The number of aliphatic hydroxyl groups is 2. The average Bonchev–Trinajstić information content (AvgIpc) is 3.04. The van der Waals surface area contributed by atoms with Crippen LogP contribution < -0.4 is 4.90 Å². The lowest BCUT2D eigenvalue weighted by molar-refractivity contribution is -0.0387. The molecule has 0 saturated heterocycles. The van der Waals surface area contributed by atoms with Crippen molar-refractivity contribution in [3.05, 3.63) is 88.4 Å². The average molecular weight is 481 g/mol. The summed E-state index contributed by atoms with van der Waals surface area (Å²) in [5.41, 5.74) is 2.96. The number of fused-ring (bicyclic) bond motifs is 1. The molecule has 0 amide bonds. The molecule has 0 fully saturated rings. The number of benzene rings is 3. The molecule has 1 aliphatic heterocycles. The van der Waals surface area contributed by atoms with Crippen molar-refractivity contribution in [2.45, 2.75) is 25.7 Å². The molecule has 4 rings (SSSR count). The molecule has 3 aromatic rings. The minimum atomic E-state index is -1.50. The van der Waals surface area contributed by atoms with Crippen LogP contribution in [0, 0.1) is 0 Å². The van der Waals surface area contributed by atoms with Crippen molar-refractivity contribution >= 4 is 21.6 Å². The Kier molecular flexibility index (Phi) is 6.49. The van der Waals surface area contributed by atoms with Crippen LogP contribution >= 0.6 is 15.9 Å². The van der Waals surface area contributed by atoms with E-state index in [4.69, 9.17) is 0 Å². The standard InChI is InChI=1S/C26H29BrN2O2/c1-3-28(4-2)17-18-29-24-22(11-8-12-23(24)27)26(31,25(29)30)21-15-13-20(14-16-21)19-9-6-5-7-10-19/h5-16,25,30-31H,3-4,17-18H2,1-2H3. The van der Waals surface area contributed by atoms with E-state index in [1.54, 1.807) is 0 Å². The second-order valence-corrected chi connectivity index (χ2v) is 8.79. The Morgan fingerprint density at radius 2 is 1.55 bits per heavy atom. The summed E-state index contributed by atoms with van der Waals surface area (Å²) < 4.78 is 0.875. The Morgan fingerprint density at radius 3 is 2.19 bits per heavy atom. The lowest BCUT2D eigenvalue weighted by Crippen LogP contribution is -2.48. The van der Waals surface area contributed by atoms with Crippen molar-refractivity contribution < 1.29 is 10.2 Å². The summed E-state index contributed by atoms with van der Waals surface area (Å²) in [7, 11) is 0. The maximum absolute atomic E-state index is 11.9. The third-order valence-electron chi connectivity index (χ3n) is 6.34. The molecular formula is C26H29BrN2O2. The monoisotopic (exact) mass is 480 g/mol. The fourth-order valence-electron chi connectivity index (χ4n) is 4.48. The summed E-state index contributed by atoms with van der Waals surface area (Å²) in [5, 5.41) is 23.3. The largest absolute Gasteiger partial charge is 0.376 e. The first kappa shape index (κ1) is 22.0. The van der Waals surface area contributed by atoms with Crippen molar-refractivity contribution in [2.24, 2.45) is 0 Å². The van der Waals surface area contributed by atoms with Crippen LogP contribution in [0.2, 0.25) is 0 Å². The summed E-state index contributed by atoms with van der Waals surface area (Å²) in [5.74, 6) is 0. The van der Waals surface area contributed by atoms with Crippen molar-refractivity contribution in [1.82, 2.24) is 4.90 Å². The number of hydrogen-bond donors (Lipinski definition) is 2. The van der Waals surface area contributed by atoms with E-state index >= 15 is 0 Å². The molecule has 1 aliphatic rings. The molecule has 2 N–H and O–H groups in total. The minimum absolute atomic E-state index is 0.628. The highest BCUT2D eigenvalue weighted by atomic mass is 79.9. The van der Waals surface area contributed by atoms with Crippen LogP contribution in [0.3, 0.4) is 0 Å². The predicted molar refractivity (Wildman–Crippen MR) is 130 cm³/mol. The van der Waals surface area contributed by atoms with Crippen LogP contribution in [0.5, 0.6) is 0 Å². The SMILES string of the molecule is CCN(CC)CCN1c2c(Br)cccc2C(O)(c2ccc(-c3ccccc3)cc2)C1O. The molecular weight excluding hydrogens is 452 g/mol. The van der Waals surface area contributed by atoms with Gasteiger partial charge in [0.05, 0.1) is 5.69 Å². The molecule has 162 valence electrons. The van der Waals surface area contributed by atoms with Gasteiger partial charge in [-0.05, 0) is 51.8 Å². The normalized spacial score (nSPS) is 20.3. The molecule has 5 heteroatoms. The highest BCUT2D eigenvalue weighted by molar-refractivity contribution is 9.10. The molecule has 0 aromatic heterocycles. The van der Waals surface area contributed by atoms with Gasteiger partial charge >= 0.3 is 0 Å². The fraction of sp³-hybridized carbons (Fsp3) is 0.308. The number of nitrogens with zero attached hydrogens (tertiary/aromatic N) is 2. The number of likely N-dealkylation sites (N-methyl/N-ethyl adjacent to an activating group) is 1. The molecule has 2 atom stereocenters. The highest BCUT2D eigenvalue weighted by Gasteiger charge is 2.51. The third-order valence-corrected chi connectivity index (χ3v) is 6.98. The van der Waals surface area contributed by atoms with Crippen LogP contribution in [0.4, 0.5) is 5.69 Å². The zero-order chi connectivity index (χ0) is 22.0. The van der Waals surface area contributed by atoms with E-state index in [1.807, 2.05) is 65.6 Å². The predicted octanol–water partition coefficient (Wildman–Crippen LogP) is 4.83. The van der Waals surface area contributed by atoms with Gasteiger partial charge in [0.25, 0.3) is 0 Å². The fourth-order valence-corrected chi connectivity index (χ4v) is 5.07. The van der Waals surface area contributed by atoms with Gasteiger partial charge in [0.1, 0.15) is 0 Å². The Hall–Kier alpha value is -2.18. The van der Waals surface area contributed by atoms with E-state index in [2.05, 4.69) is 46.8 Å². The molecule has 1 heterocycles. The van der Waals surface area contributed by atoms with Crippen molar-refractivity contribution in [1.29, 1.82) is 0 Å². The van der Waals surface area contributed by atoms with Gasteiger partial charge in [-0.2, -0.15) is 0 Å². The number of anilines is 1. The molecule has 0 aliphatic carbocycles. The van der Waals surface area contributed by atoms with Crippen LogP contribution in [0.1, 0.15) is 25.0 Å². The Labute approximate surface area is 192 Å². The van der Waals surface area contributed by atoms with Crippen molar-refractivity contribution in [2.75, 3.05) is 31.1 Å². The van der Waals surface area contributed by atoms with Crippen LogP contribution in [0.15, 0.2) is 77.3 Å². The van der Waals surface area contributed by atoms with E-state index in [-0.39, 0.29) is 0 Å². The maximum atomic E-state index is 11.9. The third kappa shape index (κ3) is 3.92. The maximum Gasteiger partial charge on any atom is 0.164 e. The van der Waals surface area contributed by atoms with Gasteiger partial charge < -0.3 is 20.0 Å². The number of halogens is 1. The van der Waals surface area contributed by atoms with Crippen molar-refractivity contribution in [3.63, 3.8) is 0 Å². The van der Waals surface area contributed by atoms with Gasteiger partial charge in [0.2, 0.25) is 0 Å². The van der Waals surface area contributed by atoms with Crippen molar-refractivity contribution in [3.8, 4) is 11.1 Å². The van der Waals surface area contributed by atoms with E-state index in [1.165, 1.54) is 0 Å². The molecule has 0 radical (unpaired) electrons. The van der Waals surface area contributed by atoms with Crippen LogP contribution in [-0.2, 0) is 5.60 Å². The first-order valence-electron chi connectivity index (χ1n) is 10.8. The minimum Gasteiger partial charge on any atom is -0.376 e. The summed E-state index contributed by atoms with van der Waals surface area (Å²) >= 11 is 3.65. The molecule has 31 heavy (non-hydrogen) atoms. The van der Waals surface area contributed by atoms with Crippen LogP contribution in [-0.4, -0.2) is 47.5 Å². The molecule has 2 unspecified atom stereocenters. The van der Waals surface area contributed by atoms with Gasteiger partial charge in [-0.1, -0.05) is 80.6 Å². The molecule has 4 nitrogen and oxygen atoms in total. The van der Waals surface area contributed by atoms with Gasteiger partial charge in [-0.15, -0.1) is 0 Å². The Bertz CT molecular complexity index is 1020. The lowest BCUT2D eigenvalue weighted by atomic mass is 9.86. The topological polar surface area (TPSA) is 46.9 Å². The zero-order valence-corrected chi connectivity index (χ0v) is 19.6. The molecule has 0 spiro atoms. The summed E-state index contributed by atoms with van der Waals surface area (Å²) in [4.78, 5) is 4.23. The molecule has 3 aromatic carbocycles. The number of hydrogen-bond acceptors (Lipinski definition) is 4. The summed E-state index contributed by atoms with van der Waals surface area (Å²) in [6.45, 7) is 7.62. The van der Waals surface area contributed by atoms with Crippen LogP contribution in [0.25, 0.3) is 11.1 Å². The second kappa shape index (κ2) is 9.13. The van der Waals surface area contributed by atoms with E-state index in [0.29, 0.717) is 12.1 Å². The highest BCUT2D eigenvalue weighted by Crippen LogP contribution is 2.49.